The molecule has 1 aliphatic heterocycles. The summed E-state index contributed by atoms with van der Waals surface area (Å²) in [5, 5.41) is 12.2. The molecule has 1 unspecified atom stereocenters. The number of benzene rings is 1. The van der Waals surface area contributed by atoms with E-state index < -0.39 is 0 Å². The highest BCUT2D eigenvalue weighted by Crippen LogP contribution is 2.32. The third kappa shape index (κ3) is 3.75. The number of aromatic nitrogens is 1. The number of hydrogen-bond donors (Lipinski definition) is 1. The third-order valence-corrected chi connectivity index (χ3v) is 4.77. The normalized spacial score (nSPS) is 16.5. The van der Waals surface area contributed by atoms with Crippen molar-refractivity contribution in [2.45, 2.75) is 19.3 Å². The number of nitrogens with one attached hydrogen (secondary N) is 1. The Morgan fingerprint density at radius 1 is 1.44 bits per heavy atom. The quantitative estimate of drug-likeness (QED) is 0.914. The summed E-state index contributed by atoms with van der Waals surface area (Å²) in [6.07, 6.45) is 2.81. The number of pyridine rings is 1. The van der Waals surface area contributed by atoms with E-state index in [1.54, 1.807) is 18.3 Å². The van der Waals surface area contributed by atoms with Gasteiger partial charge in [0.15, 0.2) is 0 Å². The number of nitrogens with zero attached hydrogens (tertiary/aromatic N) is 3. The Bertz CT molecular complexity index is 813. The van der Waals surface area contributed by atoms with Crippen LogP contribution in [0.1, 0.15) is 40.9 Å². The first-order valence-corrected chi connectivity index (χ1v) is 8.69. The summed E-state index contributed by atoms with van der Waals surface area (Å²) in [6.45, 7) is 4.26. The molecule has 1 N–H and O–H groups in total. The van der Waals surface area contributed by atoms with Crippen molar-refractivity contribution in [3.63, 3.8) is 0 Å². The molecule has 128 valence electrons. The van der Waals surface area contributed by atoms with Crippen molar-refractivity contribution in [2.24, 2.45) is 0 Å². The van der Waals surface area contributed by atoms with E-state index in [4.69, 9.17) is 16.9 Å². The maximum Gasteiger partial charge on any atom is 0.269 e. The van der Waals surface area contributed by atoms with Gasteiger partial charge in [-0.1, -0.05) is 17.7 Å². The number of amides is 1. The molecule has 5 nitrogen and oxygen atoms in total. The molecule has 0 spiro atoms. The Labute approximate surface area is 152 Å². The maximum atomic E-state index is 11.8. The number of anilines is 1. The Balaban J connectivity index is 1.69. The Hall–Kier alpha value is -2.58. The summed E-state index contributed by atoms with van der Waals surface area (Å²) in [5.41, 5.74) is 3.10. The van der Waals surface area contributed by atoms with Crippen LogP contribution in [0.4, 0.5) is 5.69 Å². The zero-order valence-electron chi connectivity index (χ0n) is 14.0. The lowest BCUT2D eigenvalue weighted by molar-refractivity contribution is 0.0951. The van der Waals surface area contributed by atoms with Crippen LogP contribution in [0.2, 0.25) is 5.02 Å². The van der Waals surface area contributed by atoms with E-state index in [9.17, 15) is 4.79 Å². The van der Waals surface area contributed by atoms with Gasteiger partial charge in [-0.2, -0.15) is 5.26 Å². The Morgan fingerprint density at radius 3 is 2.92 bits per heavy atom. The first-order chi connectivity index (χ1) is 12.1. The van der Waals surface area contributed by atoms with Crippen LogP contribution in [0.3, 0.4) is 0 Å². The number of carbonyl (C=O) groups is 1. The minimum absolute atomic E-state index is 0.144. The van der Waals surface area contributed by atoms with Crippen LogP contribution in [-0.4, -0.2) is 30.5 Å². The van der Waals surface area contributed by atoms with Gasteiger partial charge in [0, 0.05) is 37.4 Å². The Kier molecular flexibility index (Phi) is 5.20. The highest BCUT2D eigenvalue weighted by Gasteiger charge is 2.25. The first kappa shape index (κ1) is 17.2. The van der Waals surface area contributed by atoms with Gasteiger partial charge in [-0.05, 0) is 43.2 Å². The molecule has 2 heterocycles. The average molecular weight is 355 g/mol. The van der Waals surface area contributed by atoms with E-state index in [2.05, 4.69) is 21.3 Å². The largest absolute Gasteiger partial charge is 0.371 e. The van der Waals surface area contributed by atoms with Crippen molar-refractivity contribution < 1.29 is 4.79 Å². The monoisotopic (exact) mass is 354 g/mol. The van der Waals surface area contributed by atoms with Crippen LogP contribution < -0.4 is 10.2 Å². The van der Waals surface area contributed by atoms with Crippen LogP contribution in [0, 0.1) is 11.3 Å². The SMILES string of the molecule is CCNC(=O)c1ccc(C2CCN(c3ccc(C#N)c(Cl)c3)C2)cn1. The molecule has 1 saturated heterocycles. The average Bonchev–Trinajstić information content (AvgIpc) is 3.12. The van der Waals surface area contributed by atoms with Gasteiger partial charge >= 0.3 is 0 Å². The minimum atomic E-state index is -0.144. The lowest BCUT2D eigenvalue weighted by atomic mass is 10.00. The third-order valence-electron chi connectivity index (χ3n) is 4.45. The molecule has 1 amide bonds. The number of carbonyl (C=O) groups excluding carboxylic acids is 1. The molecule has 3 rings (SSSR count). The van der Waals surface area contributed by atoms with E-state index in [1.807, 2.05) is 25.1 Å². The molecular formula is C19H19ClN4O. The first-order valence-electron chi connectivity index (χ1n) is 8.31. The molecule has 0 aliphatic carbocycles. The van der Waals surface area contributed by atoms with Gasteiger partial charge in [-0.3, -0.25) is 9.78 Å². The molecule has 0 saturated carbocycles. The fraction of sp³-hybridized carbons (Fsp3) is 0.316. The summed E-state index contributed by atoms with van der Waals surface area (Å²) in [7, 11) is 0. The van der Waals surface area contributed by atoms with Crippen molar-refractivity contribution in [3.8, 4) is 6.07 Å². The number of halogens is 1. The number of rotatable bonds is 4. The van der Waals surface area contributed by atoms with E-state index in [-0.39, 0.29) is 5.91 Å². The van der Waals surface area contributed by atoms with Gasteiger partial charge < -0.3 is 10.2 Å². The van der Waals surface area contributed by atoms with Gasteiger partial charge in [-0.15, -0.1) is 0 Å². The van der Waals surface area contributed by atoms with E-state index in [0.29, 0.717) is 28.7 Å². The summed E-state index contributed by atoms with van der Waals surface area (Å²) in [6, 6.07) is 11.4. The predicted molar refractivity (Wildman–Crippen MR) is 98.0 cm³/mol. The molecule has 6 heteroatoms. The van der Waals surface area contributed by atoms with Crippen LogP contribution >= 0.6 is 11.6 Å². The van der Waals surface area contributed by atoms with Crippen LogP contribution in [0.25, 0.3) is 0 Å². The van der Waals surface area contributed by atoms with Crippen LogP contribution in [-0.2, 0) is 0 Å². The fourth-order valence-corrected chi connectivity index (χ4v) is 3.31. The van der Waals surface area contributed by atoms with E-state index in [1.165, 1.54) is 0 Å². The van der Waals surface area contributed by atoms with Crippen molar-refractivity contribution in [1.82, 2.24) is 10.3 Å². The predicted octanol–water partition coefficient (Wildman–Crippen LogP) is 3.35. The van der Waals surface area contributed by atoms with Gasteiger partial charge in [0.1, 0.15) is 11.8 Å². The van der Waals surface area contributed by atoms with Gasteiger partial charge in [-0.25, -0.2) is 0 Å². The molecule has 1 aliphatic rings. The summed E-state index contributed by atoms with van der Waals surface area (Å²) in [4.78, 5) is 18.3. The van der Waals surface area contributed by atoms with Crippen LogP contribution in [0.5, 0.6) is 0 Å². The maximum absolute atomic E-state index is 11.8. The summed E-state index contributed by atoms with van der Waals surface area (Å²) < 4.78 is 0. The molecule has 1 atom stereocenters. The molecule has 1 aromatic heterocycles. The number of nitriles is 1. The number of hydrogen-bond acceptors (Lipinski definition) is 4. The zero-order chi connectivity index (χ0) is 17.8. The Morgan fingerprint density at radius 2 is 2.28 bits per heavy atom. The van der Waals surface area contributed by atoms with Gasteiger partial charge in [0.25, 0.3) is 5.91 Å². The minimum Gasteiger partial charge on any atom is -0.371 e. The smallest absolute Gasteiger partial charge is 0.269 e. The molecule has 25 heavy (non-hydrogen) atoms. The highest BCUT2D eigenvalue weighted by molar-refractivity contribution is 6.32. The second-order valence-electron chi connectivity index (χ2n) is 6.04. The van der Waals surface area contributed by atoms with Crippen molar-refractivity contribution in [1.29, 1.82) is 5.26 Å². The van der Waals surface area contributed by atoms with E-state index >= 15 is 0 Å². The second-order valence-corrected chi connectivity index (χ2v) is 6.45. The molecular weight excluding hydrogens is 336 g/mol. The van der Waals surface area contributed by atoms with E-state index in [0.717, 1.165) is 30.8 Å². The highest BCUT2D eigenvalue weighted by atomic mass is 35.5. The lowest BCUT2D eigenvalue weighted by Gasteiger charge is -2.19. The van der Waals surface area contributed by atoms with Crippen molar-refractivity contribution in [3.05, 3.63) is 58.4 Å². The summed E-state index contributed by atoms with van der Waals surface area (Å²) >= 11 is 6.14. The lowest BCUT2D eigenvalue weighted by Crippen LogP contribution is -2.23. The molecule has 2 aromatic rings. The fourth-order valence-electron chi connectivity index (χ4n) is 3.09. The molecule has 0 bridgehead atoms. The second kappa shape index (κ2) is 7.54. The van der Waals surface area contributed by atoms with Crippen LogP contribution in [0.15, 0.2) is 36.5 Å². The topological polar surface area (TPSA) is 69.0 Å². The standard InChI is InChI=1S/C19H19ClN4O/c1-2-22-19(25)18-6-4-14(11-23-18)15-7-8-24(12-15)16-5-3-13(10-21)17(20)9-16/h3-6,9,11,15H,2,7-8,12H2,1H3,(H,22,25). The molecule has 0 radical (unpaired) electrons. The zero-order valence-corrected chi connectivity index (χ0v) is 14.8. The van der Waals surface area contributed by atoms with Crippen molar-refractivity contribution in [2.75, 3.05) is 24.5 Å². The van der Waals surface area contributed by atoms with Crippen molar-refractivity contribution >= 4 is 23.2 Å². The van der Waals surface area contributed by atoms with Gasteiger partial charge in [0.05, 0.1) is 10.6 Å². The summed E-state index contributed by atoms with van der Waals surface area (Å²) in [5.74, 6) is 0.222. The molecule has 1 fully saturated rings. The van der Waals surface area contributed by atoms with Gasteiger partial charge in [0.2, 0.25) is 0 Å². The molecule has 1 aromatic carbocycles.